The van der Waals surface area contributed by atoms with E-state index in [4.69, 9.17) is 11.6 Å². The van der Waals surface area contributed by atoms with Crippen molar-refractivity contribution in [3.8, 4) is 0 Å². The molecule has 6 nitrogen and oxygen atoms in total. The number of Topliss-reactive ketones (excluding diaryl/α,β-unsaturated/α-hetero) is 1. The Kier molecular flexibility index (Phi) is 17.9. The predicted octanol–water partition coefficient (Wildman–Crippen LogP) is 8.39. The number of anilines is 1. The van der Waals surface area contributed by atoms with E-state index in [1.54, 1.807) is 32.9 Å². The van der Waals surface area contributed by atoms with Gasteiger partial charge in [0.25, 0.3) is 0 Å². The SMILES string of the molecule is CCCCCCCCCCCCCCCCCCNS(=O)(=O)c1cccc(NC(=O)[C@H](Cl)C(=O)C(C)(C)C)c1. The molecule has 0 unspecified atom stereocenters. The molecule has 1 amide bonds. The van der Waals surface area contributed by atoms with E-state index in [1.807, 2.05) is 0 Å². The topological polar surface area (TPSA) is 92.3 Å². The molecule has 0 aromatic heterocycles. The average molecular weight is 585 g/mol. The first-order valence-electron chi connectivity index (χ1n) is 15.1. The fourth-order valence-electron chi connectivity index (χ4n) is 4.41. The third-order valence-electron chi connectivity index (χ3n) is 6.93. The minimum Gasteiger partial charge on any atom is -0.324 e. The second-order valence-corrected chi connectivity index (χ2v) is 13.9. The first-order chi connectivity index (χ1) is 18.5. The number of sulfonamides is 1. The number of benzene rings is 1. The lowest BCUT2D eigenvalue weighted by atomic mass is 9.88. The van der Waals surface area contributed by atoms with Gasteiger partial charge in [0.1, 0.15) is 0 Å². The van der Waals surface area contributed by atoms with Gasteiger partial charge in [-0.1, -0.05) is 130 Å². The van der Waals surface area contributed by atoms with Gasteiger partial charge in [0.15, 0.2) is 11.2 Å². The zero-order valence-corrected chi connectivity index (χ0v) is 26.4. The van der Waals surface area contributed by atoms with E-state index < -0.39 is 32.5 Å². The van der Waals surface area contributed by atoms with Crippen LogP contribution in [0.15, 0.2) is 29.2 Å². The van der Waals surface area contributed by atoms with Crippen molar-refractivity contribution in [2.75, 3.05) is 11.9 Å². The Morgan fingerprint density at radius 1 is 0.795 bits per heavy atom. The van der Waals surface area contributed by atoms with Gasteiger partial charge in [-0.05, 0) is 24.6 Å². The molecule has 0 spiro atoms. The number of halogens is 1. The number of carbonyl (C=O) groups is 2. The Hall–Kier alpha value is -1.44. The van der Waals surface area contributed by atoms with E-state index in [9.17, 15) is 18.0 Å². The van der Waals surface area contributed by atoms with Crippen molar-refractivity contribution in [3.63, 3.8) is 0 Å². The maximum Gasteiger partial charge on any atom is 0.250 e. The molecule has 8 heteroatoms. The maximum atomic E-state index is 12.7. The summed E-state index contributed by atoms with van der Waals surface area (Å²) in [4.78, 5) is 24.7. The molecule has 1 atom stereocenters. The van der Waals surface area contributed by atoms with Gasteiger partial charge in [-0.15, -0.1) is 11.6 Å². The molecule has 39 heavy (non-hydrogen) atoms. The van der Waals surface area contributed by atoms with Gasteiger partial charge in [-0.2, -0.15) is 0 Å². The number of unbranched alkanes of at least 4 members (excludes halogenated alkanes) is 15. The Bertz CT molecular complexity index is 944. The van der Waals surface area contributed by atoms with Crippen LogP contribution in [-0.4, -0.2) is 32.0 Å². The summed E-state index contributed by atoms with van der Waals surface area (Å²) in [6, 6.07) is 5.97. The van der Waals surface area contributed by atoms with Crippen LogP contribution < -0.4 is 10.0 Å². The number of hydrogen-bond acceptors (Lipinski definition) is 4. The first kappa shape index (κ1) is 35.6. The number of ketones is 1. The molecule has 0 fully saturated rings. The van der Waals surface area contributed by atoms with E-state index in [0.29, 0.717) is 6.54 Å². The Morgan fingerprint density at radius 3 is 1.72 bits per heavy atom. The van der Waals surface area contributed by atoms with E-state index in [-0.39, 0.29) is 10.6 Å². The van der Waals surface area contributed by atoms with Crippen molar-refractivity contribution in [3.05, 3.63) is 24.3 Å². The van der Waals surface area contributed by atoms with Crippen molar-refractivity contribution >= 4 is 39.0 Å². The highest BCUT2D eigenvalue weighted by Gasteiger charge is 2.33. The van der Waals surface area contributed by atoms with Crippen LogP contribution >= 0.6 is 11.6 Å². The summed E-state index contributed by atoms with van der Waals surface area (Å²) in [6.07, 6.45) is 20.4. The first-order valence-corrected chi connectivity index (χ1v) is 17.0. The normalized spacial score (nSPS) is 12.8. The van der Waals surface area contributed by atoms with Gasteiger partial charge in [-0.3, -0.25) is 9.59 Å². The van der Waals surface area contributed by atoms with Gasteiger partial charge in [0.2, 0.25) is 15.9 Å². The fourth-order valence-corrected chi connectivity index (χ4v) is 5.91. The monoisotopic (exact) mass is 584 g/mol. The van der Waals surface area contributed by atoms with Crippen LogP contribution in [0.25, 0.3) is 0 Å². The molecule has 0 saturated carbocycles. The largest absolute Gasteiger partial charge is 0.324 e. The second-order valence-electron chi connectivity index (χ2n) is 11.7. The predicted molar refractivity (Wildman–Crippen MR) is 164 cm³/mol. The summed E-state index contributed by atoms with van der Waals surface area (Å²) in [5, 5.41) is 1.20. The van der Waals surface area contributed by atoms with E-state index in [1.165, 1.54) is 95.6 Å². The molecular formula is C31H53ClN2O4S. The van der Waals surface area contributed by atoms with E-state index in [0.717, 1.165) is 19.3 Å². The summed E-state index contributed by atoms with van der Waals surface area (Å²) in [5.41, 5.74) is -0.483. The molecule has 2 N–H and O–H groups in total. The van der Waals surface area contributed by atoms with Crippen LogP contribution in [0, 0.1) is 5.41 Å². The molecule has 0 saturated heterocycles. The molecular weight excluding hydrogens is 532 g/mol. The average Bonchev–Trinajstić information content (AvgIpc) is 2.89. The number of nitrogens with one attached hydrogen (secondary N) is 2. The molecule has 0 aliphatic heterocycles. The van der Waals surface area contributed by atoms with Crippen molar-refractivity contribution in [2.24, 2.45) is 5.41 Å². The van der Waals surface area contributed by atoms with Crippen molar-refractivity contribution in [1.29, 1.82) is 0 Å². The standard InChI is InChI=1S/C31H53ClN2O4S/c1-5-6-7-8-9-10-11-12-13-14-15-16-17-18-19-20-24-33-39(37,38)27-23-21-22-26(25-27)34-30(36)28(32)29(35)31(2,3)4/h21-23,25,28,33H,5-20,24H2,1-4H3,(H,34,36)/t28-/m1/s1. The number of hydrogen-bond donors (Lipinski definition) is 2. The summed E-state index contributed by atoms with van der Waals surface area (Å²) >= 11 is 6.04. The zero-order chi connectivity index (χ0) is 29.2. The van der Waals surface area contributed by atoms with Crippen LogP contribution in [0.3, 0.4) is 0 Å². The highest BCUT2D eigenvalue weighted by atomic mass is 35.5. The third kappa shape index (κ3) is 15.8. The van der Waals surface area contributed by atoms with Crippen LogP contribution in [0.1, 0.15) is 130 Å². The zero-order valence-electron chi connectivity index (χ0n) is 24.8. The molecule has 224 valence electrons. The van der Waals surface area contributed by atoms with Crippen LogP contribution in [0.4, 0.5) is 5.69 Å². The Morgan fingerprint density at radius 2 is 1.26 bits per heavy atom. The van der Waals surface area contributed by atoms with Crippen molar-refractivity contribution in [2.45, 2.75) is 141 Å². The summed E-state index contributed by atoms with van der Waals surface area (Å²) in [7, 11) is -3.70. The maximum absolute atomic E-state index is 12.7. The number of rotatable bonds is 22. The Balaban J connectivity index is 2.20. The van der Waals surface area contributed by atoms with Gasteiger partial charge >= 0.3 is 0 Å². The molecule has 0 bridgehead atoms. The summed E-state index contributed by atoms with van der Waals surface area (Å²) in [5.74, 6) is -1.07. The smallest absolute Gasteiger partial charge is 0.250 e. The minimum absolute atomic E-state index is 0.0602. The summed E-state index contributed by atoms with van der Waals surface area (Å²) < 4.78 is 28.0. The summed E-state index contributed by atoms with van der Waals surface area (Å²) in [6.45, 7) is 7.71. The molecule has 0 aliphatic rings. The van der Waals surface area contributed by atoms with Crippen molar-refractivity contribution in [1.82, 2.24) is 4.72 Å². The van der Waals surface area contributed by atoms with Crippen LogP contribution in [-0.2, 0) is 19.6 Å². The lowest BCUT2D eigenvalue weighted by Crippen LogP contribution is -2.37. The Labute approximate surface area is 243 Å². The van der Waals surface area contributed by atoms with Crippen LogP contribution in [0.5, 0.6) is 0 Å². The van der Waals surface area contributed by atoms with Crippen LogP contribution in [0.2, 0.25) is 0 Å². The molecule has 0 radical (unpaired) electrons. The van der Waals surface area contributed by atoms with E-state index in [2.05, 4.69) is 17.0 Å². The molecule has 0 heterocycles. The third-order valence-corrected chi connectivity index (χ3v) is 8.79. The molecule has 1 rings (SSSR count). The quantitative estimate of drug-likeness (QED) is 0.0813. The number of carbonyl (C=O) groups excluding carboxylic acids is 2. The lowest BCUT2D eigenvalue weighted by Gasteiger charge is -2.20. The van der Waals surface area contributed by atoms with Gasteiger partial charge < -0.3 is 5.32 Å². The highest BCUT2D eigenvalue weighted by molar-refractivity contribution is 7.89. The number of amides is 1. The molecule has 1 aromatic carbocycles. The highest BCUT2D eigenvalue weighted by Crippen LogP contribution is 2.22. The molecule has 0 aliphatic carbocycles. The minimum atomic E-state index is -3.70. The van der Waals surface area contributed by atoms with E-state index >= 15 is 0 Å². The number of alkyl halides is 1. The lowest BCUT2D eigenvalue weighted by molar-refractivity contribution is -0.130. The fraction of sp³-hybridized carbons (Fsp3) is 0.742. The van der Waals surface area contributed by atoms with Gasteiger partial charge in [-0.25, -0.2) is 13.1 Å². The van der Waals surface area contributed by atoms with Gasteiger partial charge in [0.05, 0.1) is 4.90 Å². The molecule has 1 aromatic rings. The van der Waals surface area contributed by atoms with Gasteiger partial charge in [0, 0.05) is 17.6 Å². The second kappa shape index (κ2) is 19.6. The van der Waals surface area contributed by atoms with Crippen molar-refractivity contribution < 1.29 is 18.0 Å².